The Morgan fingerprint density at radius 1 is 1.25 bits per heavy atom. The summed E-state index contributed by atoms with van der Waals surface area (Å²) in [5.41, 5.74) is -0.202. The summed E-state index contributed by atoms with van der Waals surface area (Å²) in [5, 5.41) is 16.7. The van der Waals surface area contributed by atoms with E-state index in [9.17, 15) is 9.90 Å². The van der Waals surface area contributed by atoms with E-state index in [1.165, 1.54) is 6.42 Å². The zero-order chi connectivity index (χ0) is 14.4. The van der Waals surface area contributed by atoms with Crippen molar-refractivity contribution in [3.63, 3.8) is 0 Å². The minimum absolute atomic E-state index is 0.0337. The normalized spacial score (nSPS) is 30.5. The molecule has 0 radical (unpaired) electrons. The lowest BCUT2D eigenvalue weighted by molar-refractivity contribution is -0.135. The number of nitrogens with one attached hydrogen (secondary N) is 2. The van der Waals surface area contributed by atoms with Gasteiger partial charge in [0.25, 0.3) is 0 Å². The summed E-state index contributed by atoms with van der Waals surface area (Å²) in [7, 11) is 0. The topological polar surface area (TPSA) is 61.4 Å². The first-order valence-corrected chi connectivity index (χ1v) is 8.38. The molecule has 1 amide bonds. The molecule has 2 rings (SSSR count). The molecule has 4 heteroatoms. The molecular weight excluding hydrogens is 252 g/mol. The molecule has 2 aliphatic rings. The quantitative estimate of drug-likeness (QED) is 0.691. The van der Waals surface area contributed by atoms with Crippen molar-refractivity contribution in [2.24, 2.45) is 5.41 Å². The number of rotatable bonds is 4. The van der Waals surface area contributed by atoms with Gasteiger partial charge in [0.1, 0.15) is 0 Å². The number of piperidine rings is 1. The largest absolute Gasteiger partial charge is 0.391 e. The third-order valence-corrected chi connectivity index (χ3v) is 5.07. The van der Waals surface area contributed by atoms with E-state index in [4.69, 9.17) is 0 Å². The van der Waals surface area contributed by atoms with Crippen molar-refractivity contribution in [3.8, 4) is 0 Å². The fourth-order valence-electron chi connectivity index (χ4n) is 3.75. The Morgan fingerprint density at radius 3 is 2.65 bits per heavy atom. The minimum Gasteiger partial charge on any atom is -0.391 e. The van der Waals surface area contributed by atoms with Crippen molar-refractivity contribution < 1.29 is 9.90 Å². The third-order valence-electron chi connectivity index (χ3n) is 5.07. The Morgan fingerprint density at radius 2 is 1.95 bits per heavy atom. The fraction of sp³-hybridized carbons (Fsp3) is 0.938. The molecule has 1 heterocycles. The Bertz CT molecular complexity index is 308. The maximum atomic E-state index is 12.8. The van der Waals surface area contributed by atoms with Crippen LogP contribution >= 0.6 is 0 Å². The van der Waals surface area contributed by atoms with Gasteiger partial charge in [-0.05, 0) is 45.2 Å². The van der Waals surface area contributed by atoms with Crippen molar-refractivity contribution >= 4 is 5.91 Å². The number of aliphatic hydroxyl groups excluding tert-OH is 1. The lowest BCUT2D eigenvalue weighted by Gasteiger charge is -2.38. The molecule has 4 nitrogen and oxygen atoms in total. The van der Waals surface area contributed by atoms with E-state index in [2.05, 4.69) is 17.6 Å². The van der Waals surface area contributed by atoms with Crippen LogP contribution in [0.5, 0.6) is 0 Å². The Hall–Kier alpha value is -0.610. The monoisotopic (exact) mass is 282 g/mol. The van der Waals surface area contributed by atoms with E-state index >= 15 is 0 Å². The van der Waals surface area contributed by atoms with Crippen molar-refractivity contribution in [1.82, 2.24) is 10.6 Å². The summed E-state index contributed by atoms with van der Waals surface area (Å²) >= 11 is 0. The van der Waals surface area contributed by atoms with Gasteiger partial charge >= 0.3 is 0 Å². The van der Waals surface area contributed by atoms with Crippen LogP contribution in [0.4, 0.5) is 0 Å². The van der Waals surface area contributed by atoms with Crippen molar-refractivity contribution in [1.29, 1.82) is 0 Å². The van der Waals surface area contributed by atoms with Gasteiger partial charge in [-0.15, -0.1) is 0 Å². The predicted molar refractivity (Wildman–Crippen MR) is 80.5 cm³/mol. The van der Waals surface area contributed by atoms with Crippen molar-refractivity contribution in [3.05, 3.63) is 0 Å². The molecule has 2 unspecified atom stereocenters. The number of hydrogen-bond acceptors (Lipinski definition) is 3. The molecule has 116 valence electrons. The molecular formula is C16H30N2O2. The first kappa shape index (κ1) is 15.8. The van der Waals surface area contributed by atoms with E-state index in [1.807, 2.05) is 0 Å². The highest BCUT2D eigenvalue weighted by Crippen LogP contribution is 2.34. The third kappa shape index (κ3) is 3.73. The summed E-state index contributed by atoms with van der Waals surface area (Å²) < 4.78 is 0. The number of amides is 1. The molecule has 1 saturated carbocycles. The van der Waals surface area contributed by atoms with E-state index in [0.29, 0.717) is 0 Å². The van der Waals surface area contributed by atoms with Gasteiger partial charge < -0.3 is 15.7 Å². The van der Waals surface area contributed by atoms with E-state index in [-0.39, 0.29) is 23.5 Å². The van der Waals surface area contributed by atoms with Gasteiger partial charge in [0, 0.05) is 0 Å². The number of carbonyl (C=O) groups excluding carboxylic acids is 1. The zero-order valence-electron chi connectivity index (χ0n) is 12.8. The number of carbonyl (C=O) groups is 1. The SMILES string of the molecule is CCCC1(C(=O)NC2CCCCCC2O)CCNCC1. The fourth-order valence-corrected chi connectivity index (χ4v) is 3.75. The number of aliphatic hydroxyl groups is 1. The number of hydrogen-bond donors (Lipinski definition) is 3. The van der Waals surface area contributed by atoms with Gasteiger partial charge in [-0.3, -0.25) is 4.79 Å². The van der Waals surface area contributed by atoms with Gasteiger partial charge in [-0.25, -0.2) is 0 Å². The summed E-state index contributed by atoms with van der Waals surface area (Å²) in [6, 6.07) is -0.0337. The molecule has 0 bridgehead atoms. The second-order valence-corrected chi connectivity index (χ2v) is 6.57. The molecule has 1 aliphatic carbocycles. The lowest BCUT2D eigenvalue weighted by Crippen LogP contribution is -2.52. The maximum absolute atomic E-state index is 12.8. The Kier molecular flexibility index (Phi) is 5.85. The summed E-state index contributed by atoms with van der Waals surface area (Å²) in [4.78, 5) is 12.8. The van der Waals surface area contributed by atoms with Crippen LogP contribution in [0.2, 0.25) is 0 Å². The first-order valence-electron chi connectivity index (χ1n) is 8.38. The van der Waals surface area contributed by atoms with Gasteiger partial charge in [-0.1, -0.05) is 32.6 Å². The predicted octanol–water partition coefficient (Wildman–Crippen LogP) is 1.97. The van der Waals surface area contributed by atoms with E-state index < -0.39 is 0 Å². The molecule has 0 spiro atoms. The van der Waals surface area contributed by atoms with Gasteiger partial charge in [-0.2, -0.15) is 0 Å². The highest BCUT2D eigenvalue weighted by atomic mass is 16.3. The van der Waals surface area contributed by atoms with Crippen LogP contribution < -0.4 is 10.6 Å². The average Bonchev–Trinajstić information content (AvgIpc) is 2.65. The summed E-state index contributed by atoms with van der Waals surface area (Å²) in [6.45, 7) is 4.01. The molecule has 0 aromatic rings. The van der Waals surface area contributed by atoms with Crippen molar-refractivity contribution in [2.75, 3.05) is 13.1 Å². The molecule has 3 N–H and O–H groups in total. The summed E-state index contributed by atoms with van der Waals surface area (Å²) in [6.07, 6.45) is 8.62. The molecule has 1 saturated heterocycles. The smallest absolute Gasteiger partial charge is 0.226 e. The molecule has 0 aromatic heterocycles. The highest BCUT2D eigenvalue weighted by molar-refractivity contribution is 5.83. The van der Waals surface area contributed by atoms with Crippen LogP contribution in [0.1, 0.15) is 64.7 Å². The van der Waals surface area contributed by atoms with E-state index in [0.717, 1.165) is 64.5 Å². The van der Waals surface area contributed by atoms with Crippen LogP contribution in [0.3, 0.4) is 0 Å². The summed E-state index contributed by atoms with van der Waals surface area (Å²) in [5.74, 6) is 0.187. The van der Waals surface area contributed by atoms with E-state index in [1.54, 1.807) is 0 Å². The van der Waals surface area contributed by atoms with Gasteiger partial charge in [0.05, 0.1) is 17.6 Å². The zero-order valence-corrected chi connectivity index (χ0v) is 12.8. The van der Waals surface area contributed by atoms with Crippen LogP contribution in [0, 0.1) is 5.41 Å². The van der Waals surface area contributed by atoms with Crippen molar-refractivity contribution in [2.45, 2.75) is 76.9 Å². The second kappa shape index (κ2) is 7.41. The van der Waals surface area contributed by atoms with Crippen LogP contribution in [0.15, 0.2) is 0 Å². The van der Waals surface area contributed by atoms with Gasteiger partial charge in [0.2, 0.25) is 5.91 Å². The molecule has 20 heavy (non-hydrogen) atoms. The standard InChI is InChI=1S/C16H30N2O2/c1-2-8-16(9-11-17-12-10-16)15(20)18-13-6-4-3-5-7-14(13)19/h13-14,17,19H,2-12H2,1H3,(H,18,20). The molecule has 2 atom stereocenters. The van der Waals surface area contributed by atoms with Crippen LogP contribution in [-0.4, -0.2) is 36.2 Å². The minimum atomic E-state index is -0.359. The molecule has 1 aliphatic heterocycles. The molecule has 0 aromatic carbocycles. The second-order valence-electron chi connectivity index (χ2n) is 6.57. The first-order chi connectivity index (χ1) is 9.68. The Labute approximate surface area is 122 Å². The highest BCUT2D eigenvalue weighted by Gasteiger charge is 2.40. The Balaban J connectivity index is 1.99. The lowest BCUT2D eigenvalue weighted by atomic mass is 9.74. The maximum Gasteiger partial charge on any atom is 0.226 e. The average molecular weight is 282 g/mol. The molecule has 2 fully saturated rings. The van der Waals surface area contributed by atoms with Crippen LogP contribution in [0.25, 0.3) is 0 Å². The van der Waals surface area contributed by atoms with Crippen LogP contribution in [-0.2, 0) is 4.79 Å². The van der Waals surface area contributed by atoms with Gasteiger partial charge in [0.15, 0.2) is 0 Å².